The third-order valence-electron chi connectivity index (χ3n) is 4.64. The maximum atomic E-state index is 13.0. The molecule has 1 aliphatic carbocycles. The van der Waals surface area contributed by atoms with Gasteiger partial charge >= 0.3 is 5.97 Å². The minimum atomic E-state index is -0.728. The molecule has 23 heavy (non-hydrogen) atoms. The Morgan fingerprint density at radius 1 is 1.26 bits per heavy atom. The Morgan fingerprint density at radius 3 is 2.52 bits per heavy atom. The highest BCUT2D eigenvalue weighted by molar-refractivity contribution is 5.90. The molecule has 6 nitrogen and oxygen atoms in total. The van der Waals surface area contributed by atoms with Gasteiger partial charge in [0.15, 0.2) is 0 Å². The van der Waals surface area contributed by atoms with E-state index in [4.69, 9.17) is 4.74 Å². The van der Waals surface area contributed by atoms with Crippen molar-refractivity contribution in [2.24, 2.45) is 5.41 Å². The quantitative estimate of drug-likeness (QED) is 0.782. The average Bonchev–Trinajstić information content (AvgIpc) is 3.42. The van der Waals surface area contributed by atoms with E-state index in [1.165, 1.54) is 13.3 Å². The Balaban J connectivity index is 1.63. The Labute approximate surface area is 134 Å². The number of aromatic nitrogens is 1. The van der Waals surface area contributed by atoms with Gasteiger partial charge in [0.25, 0.3) is 0 Å². The van der Waals surface area contributed by atoms with E-state index in [-0.39, 0.29) is 5.91 Å². The van der Waals surface area contributed by atoms with Crippen LogP contribution in [0.4, 0.5) is 10.1 Å². The lowest BCUT2D eigenvalue weighted by Crippen LogP contribution is -2.51. The van der Waals surface area contributed by atoms with E-state index in [1.54, 1.807) is 17.2 Å². The number of piperazine rings is 1. The Morgan fingerprint density at radius 2 is 1.96 bits per heavy atom. The summed E-state index contributed by atoms with van der Waals surface area (Å²) in [6, 6.07) is 1.74. The zero-order valence-corrected chi connectivity index (χ0v) is 13.1. The predicted molar refractivity (Wildman–Crippen MR) is 82.0 cm³/mol. The van der Waals surface area contributed by atoms with Crippen molar-refractivity contribution in [2.45, 2.75) is 12.8 Å². The maximum absolute atomic E-state index is 13.0. The first-order valence-corrected chi connectivity index (χ1v) is 7.73. The number of nitrogens with zero attached hydrogens (tertiary/aromatic N) is 3. The zero-order chi connectivity index (χ0) is 16.4. The van der Waals surface area contributed by atoms with E-state index in [2.05, 4.69) is 9.88 Å². The molecule has 1 amide bonds. The van der Waals surface area contributed by atoms with Crippen LogP contribution in [0, 0.1) is 5.41 Å². The number of anilines is 1. The Bertz CT molecular complexity index is 610. The first-order valence-electron chi connectivity index (χ1n) is 7.73. The summed E-state index contributed by atoms with van der Waals surface area (Å²) in [6.07, 6.45) is 4.47. The molecule has 3 rings (SSSR count). The van der Waals surface area contributed by atoms with Gasteiger partial charge in [0.2, 0.25) is 5.91 Å². The Kier molecular flexibility index (Phi) is 4.19. The molecule has 0 radical (unpaired) electrons. The highest BCUT2D eigenvalue weighted by Crippen LogP contribution is 2.47. The van der Waals surface area contributed by atoms with E-state index in [9.17, 15) is 14.0 Å². The molecule has 1 aromatic heterocycles. The van der Waals surface area contributed by atoms with Gasteiger partial charge in [-0.1, -0.05) is 0 Å². The van der Waals surface area contributed by atoms with Gasteiger partial charge in [-0.3, -0.25) is 9.78 Å². The molecule has 1 saturated carbocycles. The van der Waals surface area contributed by atoms with Crippen molar-refractivity contribution < 1.29 is 18.7 Å². The van der Waals surface area contributed by atoms with Crippen LogP contribution >= 0.6 is 0 Å². The summed E-state index contributed by atoms with van der Waals surface area (Å²) in [5.41, 5.74) is 0.499. The second-order valence-corrected chi connectivity index (χ2v) is 6.12. The Hall–Kier alpha value is -2.18. The third-order valence-corrected chi connectivity index (χ3v) is 4.64. The normalized spacial score (nSPS) is 19.4. The molecule has 2 aliphatic rings. The summed E-state index contributed by atoms with van der Waals surface area (Å²) < 4.78 is 17.7. The molecule has 1 aliphatic heterocycles. The molecular formula is C16H20FN3O3. The fourth-order valence-electron chi connectivity index (χ4n) is 2.89. The monoisotopic (exact) mass is 321 g/mol. The lowest BCUT2D eigenvalue weighted by atomic mass is 10.1. The first kappa shape index (κ1) is 15.7. The molecule has 7 heteroatoms. The number of methoxy groups -OCH3 is 1. The van der Waals surface area contributed by atoms with Crippen molar-refractivity contribution in [3.05, 3.63) is 24.0 Å². The van der Waals surface area contributed by atoms with Crippen molar-refractivity contribution in [3.63, 3.8) is 0 Å². The molecule has 0 atom stereocenters. The van der Waals surface area contributed by atoms with Crippen LogP contribution in [0.1, 0.15) is 23.2 Å². The summed E-state index contributed by atoms with van der Waals surface area (Å²) in [5.74, 6) is -0.479. The number of alkyl halides is 1. The number of amides is 1. The second kappa shape index (κ2) is 6.14. The number of carbonyl (C=O) groups excluding carboxylic acids is 2. The molecule has 2 fully saturated rings. The number of esters is 1. The van der Waals surface area contributed by atoms with Gasteiger partial charge in [-0.25, -0.2) is 9.18 Å². The molecule has 0 spiro atoms. The topological polar surface area (TPSA) is 62.7 Å². The summed E-state index contributed by atoms with van der Waals surface area (Å²) in [6.45, 7) is 1.84. The highest BCUT2D eigenvalue weighted by Gasteiger charge is 2.52. The van der Waals surface area contributed by atoms with Gasteiger partial charge in [0, 0.05) is 32.4 Å². The minimum absolute atomic E-state index is 0.0545. The van der Waals surface area contributed by atoms with Crippen molar-refractivity contribution in [1.29, 1.82) is 0 Å². The summed E-state index contributed by atoms with van der Waals surface area (Å²) in [5, 5.41) is 0. The second-order valence-electron chi connectivity index (χ2n) is 6.12. The number of carbonyl (C=O) groups is 2. The van der Waals surface area contributed by atoms with E-state index in [1.807, 2.05) is 0 Å². The summed E-state index contributed by atoms with van der Waals surface area (Å²) in [7, 11) is 1.33. The van der Waals surface area contributed by atoms with Crippen LogP contribution in [-0.2, 0) is 9.53 Å². The van der Waals surface area contributed by atoms with Gasteiger partial charge in [-0.05, 0) is 18.9 Å². The standard InChI is InChI=1S/C16H20FN3O3/c1-23-14(21)12-8-13(10-18-9-12)19-4-6-20(7-5-19)15(22)16(11-17)2-3-16/h8-10H,2-7,11H2,1H3. The van der Waals surface area contributed by atoms with Crippen molar-refractivity contribution in [1.82, 2.24) is 9.88 Å². The number of ether oxygens (including phenoxy) is 1. The fourth-order valence-corrected chi connectivity index (χ4v) is 2.89. The number of halogens is 1. The fraction of sp³-hybridized carbons (Fsp3) is 0.562. The maximum Gasteiger partial charge on any atom is 0.339 e. The van der Waals surface area contributed by atoms with Crippen LogP contribution in [0.15, 0.2) is 18.5 Å². The van der Waals surface area contributed by atoms with Crippen LogP contribution in [-0.4, -0.2) is 61.7 Å². The first-order chi connectivity index (χ1) is 11.1. The molecule has 2 heterocycles. The molecule has 0 unspecified atom stereocenters. The number of rotatable bonds is 4. The third kappa shape index (κ3) is 3.00. The van der Waals surface area contributed by atoms with Gasteiger partial charge in [-0.2, -0.15) is 0 Å². The van der Waals surface area contributed by atoms with Gasteiger partial charge in [0.1, 0.15) is 6.67 Å². The van der Waals surface area contributed by atoms with E-state index < -0.39 is 18.1 Å². The molecule has 0 bridgehead atoms. The van der Waals surface area contributed by atoms with E-state index >= 15 is 0 Å². The van der Waals surface area contributed by atoms with Gasteiger partial charge in [0.05, 0.1) is 30.0 Å². The van der Waals surface area contributed by atoms with Gasteiger partial charge in [-0.15, -0.1) is 0 Å². The highest BCUT2D eigenvalue weighted by atomic mass is 19.1. The van der Waals surface area contributed by atoms with E-state index in [0.29, 0.717) is 44.6 Å². The smallest absolute Gasteiger partial charge is 0.339 e. The minimum Gasteiger partial charge on any atom is -0.465 e. The van der Waals surface area contributed by atoms with Crippen LogP contribution in [0.2, 0.25) is 0 Å². The average molecular weight is 321 g/mol. The molecule has 1 aromatic rings. The molecule has 1 saturated heterocycles. The SMILES string of the molecule is COC(=O)c1cncc(N2CCN(C(=O)C3(CF)CC3)CC2)c1. The number of hydrogen-bond donors (Lipinski definition) is 0. The van der Waals surface area contributed by atoms with E-state index in [0.717, 1.165) is 5.69 Å². The molecule has 124 valence electrons. The van der Waals surface area contributed by atoms with Crippen LogP contribution in [0.5, 0.6) is 0 Å². The molecular weight excluding hydrogens is 301 g/mol. The largest absolute Gasteiger partial charge is 0.465 e. The lowest BCUT2D eigenvalue weighted by Gasteiger charge is -2.37. The number of pyridine rings is 1. The molecule has 0 N–H and O–H groups in total. The van der Waals surface area contributed by atoms with Crippen molar-refractivity contribution in [3.8, 4) is 0 Å². The van der Waals surface area contributed by atoms with Gasteiger partial charge < -0.3 is 14.5 Å². The lowest BCUT2D eigenvalue weighted by molar-refractivity contribution is -0.137. The van der Waals surface area contributed by atoms with Crippen LogP contribution in [0.25, 0.3) is 0 Å². The molecule has 0 aromatic carbocycles. The summed E-state index contributed by atoms with van der Waals surface area (Å²) in [4.78, 5) is 31.8. The predicted octanol–water partition coefficient (Wildman–Crippen LogP) is 1.27. The number of hydrogen-bond acceptors (Lipinski definition) is 5. The van der Waals surface area contributed by atoms with Crippen molar-refractivity contribution in [2.75, 3.05) is 44.9 Å². The summed E-state index contributed by atoms with van der Waals surface area (Å²) >= 11 is 0. The van der Waals surface area contributed by atoms with Crippen molar-refractivity contribution >= 4 is 17.6 Å². The zero-order valence-electron chi connectivity index (χ0n) is 13.1. The van der Waals surface area contributed by atoms with Crippen LogP contribution < -0.4 is 4.90 Å². The van der Waals surface area contributed by atoms with Crippen LogP contribution in [0.3, 0.4) is 0 Å².